The van der Waals surface area contributed by atoms with Gasteiger partial charge in [-0.15, -0.1) is 0 Å². The van der Waals surface area contributed by atoms with Crippen LogP contribution in [0.5, 0.6) is 0 Å². The maximum absolute atomic E-state index is 13.0. The summed E-state index contributed by atoms with van der Waals surface area (Å²) in [7, 11) is 0. The van der Waals surface area contributed by atoms with E-state index in [9.17, 15) is 10.0 Å². The Morgan fingerprint density at radius 1 is 1.23 bits per heavy atom. The van der Waals surface area contributed by atoms with E-state index in [1.165, 1.54) is 18.6 Å². The number of rotatable bonds is 4. The molecular formula is C18H21ClN4O3. The Morgan fingerprint density at radius 2 is 1.92 bits per heavy atom. The van der Waals surface area contributed by atoms with E-state index in [2.05, 4.69) is 10.3 Å². The first-order chi connectivity index (χ1) is 12.5. The highest BCUT2D eigenvalue weighted by molar-refractivity contribution is 6.30. The highest BCUT2D eigenvalue weighted by atomic mass is 35.5. The van der Waals surface area contributed by atoms with Crippen LogP contribution in [0.3, 0.4) is 0 Å². The van der Waals surface area contributed by atoms with Crippen molar-refractivity contribution in [2.24, 2.45) is 0 Å². The van der Waals surface area contributed by atoms with Gasteiger partial charge in [-0.1, -0.05) is 30.9 Å². The molecule has 1 aromatic carbocycles. The molecule has 0 aliphatic heterocycles. The molecule has 26 heavy (non-hydrogen) atoms. The first kappa shape index (κ1) is 18.6. The van der Waals surface area contributed by atoms with Crippen LogP contribution in [0, 0.1) is 5.21 Å². The van der Waals surface area contributed by atoms with Crippen molar-refractivity contribution in [2.45, 2.75) is 38.1 Å². The Hall–Kier alpha value is -2.19. The molecule has 1 heterocycles. The molecular weight excluding hydrogens is 356 g/mol. The number of carbonyl (C=O) groups is 1. The van der Waals surface area contributed by atoms with Crippen LogP contribution in [0.25, 0.3) is 0 Å². The summed E-state index contributed by atoms with van der Waals surface area (Å²) in [6.07, 6.45) is 6.73. The molecule has 1 atom stereocenters. The Morgan fingerprint density at radius 3 is 2.54 bits per heavy atom. The number of hydrogen-bond donors (Lipinski definition) is 3. The van der Waals surface area contributed by atoms with Crippen LogP contribution in [-0.2, 0) is 0 Å². The summed E-state index contributed by atoms with van der Waals surface area (Å²) >= 11 is 6.09. The number of anilines is 2. The summed E-state index contributed by atoms with van der Waals surface area (Å²) in [6, 6.07) is 9.19. The van der Waals surface area contributed by atoms with E-state index in [4.69, 9.17) is 16.8 Å². The van der Waals surface area contributed by atoms with Crippen LogP contribution in [0.1, 0.15) is 32.1 Å². The van der Waals surface area contributed by atoms with Gasteiger partial charge in [-0.3, -0.25) is 4.90 Å². The zero-order valence-electron chi connectivity index (χ0n) is 14.2. The number of carbonyl (C=O) groups excluding carboxylic acids is 1. The van der Waals surface area contributed by atoms with E-state index in [0.717, 1.165) is 25.7 Å². The maximum Gasteiger partial charge on any atom is 0.327 e. The van der Waals surface area contributed by atoms with Gasteiger partial charge in [-0.05, 0) is 37.1 Å². The Balaban J connectivity index is 1.82. The molecule has 2 amide bonds. The van der Waals surface area contributed by atoms with Gasteiger partial charge < -0.3 is 10.5 Å². The molecule has 3 rings (SSSR count). The fraction of sp³-hybridized carbons (Fsp3) is 0.333. The SMILES string of the molecule is O=C(Nc1ccc([NH+]([O-])O)cc1)N(c1cc(Cl)ccn1)C1CCCCC1. The van der Waals surface area contributed by atoms with Crippen molar-refractivity contribution in [3.05, 3.63) is 52.8 Å². The average Bonchev–Trinajstić information content (AvgIpc) is 2.63. The maximum atomic E-state index is 13.0. The second-order valence-electron chi connectivity index (χ2n) is 6.31. The molecule has 0 bridgehead atoms. The highest BCUT2D eigenvalue weighted by Crippen LogP contribution is 2.28. The topological polar surface area (TPSA) is 93.0 Å². The van der Waals surface area contributed by atoms with Crippen LogP contribution in [0.2, 0.25) is 5.02 Å². The van der Waals surface area contributed by atoms with Gasteiger partial charge in [0, 0.05) is 35.1 Å². The summed E-state index contributed by atoms with van der Waals surface area (Å²) in [4.78, 5) is 18.9. The molecule has 1 unspecified atom stereocenters. The van der Waals surface area contributed by atoms with E-state index in [0.29, 0.717) is 16.5 Å². The summed E-state index contributed by atoms with van der Waals surface area (Å²) in [5.41, 5.74) is 0.700. The van der Waals surface area contributed by atoms with Crippen molar-refractivity contribution < 1.29 is 15.2 Å². The van der Waals surface area contributed by atoms with Crippen molar-refractivity contribution >= 4 is 34.8 Å². The number of nitrogens with one attached hydrogen (secondary N) is 2. The minimum Gasteiger partial charge on any atom is -0.595 e. The molecule has 8 heteroatoms. The molecule has 1 aliphatic carbocycles. The van der Waals surface area contributed by atoms with Gasteiger partial charge in [0.15, 0.2) is 5.69 Å². The standard InChI is InChI=1S/C18H21ClN4O3/c19-13-10-11-20-17(12-13)22(15-4-2-1-3-5-15)18(24)21-14-6-8-16(9-7-14)23(25)26/h6-12,15,23,25H,1-5H2,(H,21,24). The number of hydrogen-bond acceptors (Lipinski definition) is 4. The average molecular weight is 377 g/mol. The molecule has 0 radical (unpaired) electrons. The zero-order chi connectivity index (χ0) is 18.5. The van der Waals surface area contributed by atoms with Crippen LogP contribution in [-0.4, -0.2) is 22.3 Å². The Labute approximate surface area is 156 Å². The number of urea groups is 1. The second-order valence-corrected chi connectivity index (χ2v) is 6.74. The number of pyridine rings is 1. The third-order valence-electron chi connectivity index (χ3n) is 4.50. The molecule has 3 N–H and O–H groups in total. The number of benzene rings is 1. The quantitative estimate of drug-likeness (QED) is 0.712. The zero-order valence-corrected chi connectivity index (χ0v) is 14.9. The summed E-state index contributed by atoms with van der Waals surface area (Å²) in [5.74, 6) is 0.518. The molecule has 1 aromatic heterocycles. The first-order valence-corrected chi connectivity index (χ1v) is 8.97. The number of amides is 2. The van der Waals surface area contributed by atoms with Crippen LogP contribution in [0.4, 0.5) is 22.0 Å². The Kier molecular flexibility index (Phi) is 6.05. The lowest BCUT2D eigenvalue weighted by molar-refractivity contribution is -0.991. The minimum absolute atomic E-state index is 0.0630. The van der Waals surface area contributed by atoms with Gasteiger partial charge in [0.25, 0.3) is 0 Å². The van der Waals surface area contributed by atoms with Crippen molar-refractivity contribution in [1.29, 1.82) is 0 Å². The van der Waals surface area contributed by atoms with Crippen molar-refractivity contribution in [2.75, 3.05) is 10.2 Å². The van der Waals surface area contributed by atoms with Crippen molar-refractivity contribution in [3.63, 3.8) is 0 Å². The fourth-order valence-electron chi connectivity index (χ4n) is 3.20. The number of aromatic nitrogens is 1. The number of quaternary nitrogens is 1. The van der Waals surface area contributed by atoms with Gasteiger partial charge in [0.05, 0.1) is 0 Å². The molecule has 1 fully saturated rings. The predicted octanol–water partition coefficient (Wildman–Crippen LogP) is 3.51. The monoisotopic (exact) mass is 376 g/mol. The van der Waals surface area contributed by atoms with Crippen LogP contribution >= 0.6 is 11.6 Å². The van der Waals surface area contributed by atoms with Gasteiger partial charge in [-0.2, -0.15) is 5.23 Å². The molecule has 7 nitrogen and oxygen atoms in total. The normalized spacial score (nSPS) is 16.1. The van der Waals surface area contributed by atoms with E-state index in [1.54, 1.807) is 35.4 Å². The van der Waals surface area contributed by atoms with Gasteiger partial charge >= 0.3 is 6.03 Å². The summed E-state index contributed by atoms with van der Waals surface area (Å²) < 4.78 is 0. The van der Waals surface area contributed by atoms with Gasteiger partial charge in [0.1, 0.15) is 5.82 Å². The minimum atomic E-state index is -1.00. The van der Waals surface area contributed by atoms with E-state index < -0.39 is 5.23 Å². The van der Waals surface area contributed by atoms with Gasteiger partial charge in [-0.25, -0.2) is 15.0 Å². The molecule has 1 saturated carbocycles. The Bertz CT molecular complexity index is 748. The second kappa shape index (κ2) is 8.46. The van der Waals surface area contributed by atoms with E-state index in [1.807, 2.05) is 0 Å². The van der Waals surface area contributed by atoms with E-state index in [-0.39, 0.29) is 17.8 Å². The molecule has 1 aliphatic rings. The number of nitrogens with zero attached hydrogens (tertiary/aromatic N) is 2. The molecule has 138 valence electrons. The molecule has 0 spiro atoms. The lowest BCUT2D eigenvalue weighted by Gasteiger charge is -2.33. The van der Waals surface area contributed by atoms with Crippen LogP contribution in [0.15, 0.2) is 42.6 Å². The first-order valence-electron chi connectivity index (χ1n) is 8.60. The third kappa shape index (κ3) is 4.50. The smallest absolute Gasteiger partial charge is 0.327 e. The highest BCUT2D eigenvalue weighted by Gasteiger charge is 2.28. The third-order valence-corrected chi connectivity index (χ3v) is 4.73. The van der Waals surface area contributed by atoms with Crippen LogP contribution < -0.4 is 15.4 Å². The van der Waals surface area contributed by atoms with Gasteiger partial charge in [0.2, 0.25) is 0 Å². The molecule has 2 aromatic rings. The number of halogens is 1. The van der Waals surface area contributed by atoms with Crippen molar-refractivity contribution in [3.8, 4) is 0 Å². The van der Waals surface area contributed by atoms with Crippen molar-refractivity contribution in [1.82, 2.24) is 4.98 Å². The lowest BCUT2D eigenvalue weighted by atomic mass is 9.94. The van der Waals surface area contributed by atoms with E-state index >= 15 is 0 Å². The molecule has 0 saturated heterocycles. The predicted molar refractivity (Wildman–Crippen MR) is 99.8 cm³/mol. The largest absolute Gasteiger partial charge is 0.595 e. The lowest BCUT2D eigenvalue weighted by Crippen LogP contribution is -2.99. The summed E-state index contributed by atoms with van der Waals surface area (Å²) in [6.45, 7) is 0. The fourth-order valence-corrected chi connectivity index (χ4v) is 3.36. The summed E-state index contributed by atoms with van der Waals surface area (Å²) in [5, 5.41) is 22.3.